The number of alkyl halides is 2. The van der Waals surface area contributed by atoms with Gasteiger partial charge in [-0.2, -0.15) is 8.78 Å². The second-order valence-electron chi connectivity index (χ2n) is 6.21. The van der Waals surface area contributed by atoms with Crippen LogP contribution >= 0.6 is 0 Å². The van der Waals surface area contributed by atoms with Crippen molar-refractivity contribution in [2.45, 2.75) is 19.4 Å². The fourth-order valence-corrected chi connectivity index (χ4v) is 2.62. The van der Waals surface area contributed by atoms with Gasteiger partial charge in [0.1, 0.15) is 17.5 Å². The van der Waals surface area contributed by atoms with E-state index in [2.05, 4.69) is 26.8 Å². The van der Waals surface area contributed by atoms with Gasteiger partial charge in [0.05, 0.1) is 5.56 Å². The van der Waals surface area contributed by atoms with Gasteiger partial charge >= 0.3 is 0 Å². The molecule has 0 bridgehead atoms. The summed E-state index contributed by atoms with van der Waals surface area (Å²) >= 11 is 0. The second kappa shape index (κ2) is 7.67. The van der Waals surface area contributed by atoms with Crippen molar-refractivity contribution in [3.8, 4) is 11.4 Å². The summed E-state index contributed by atoms with van der Waals surface area (Å²) < 4.78 is 42.5. The molecular weight excluding hydrogens is 367 g/mol. The van der Waals surface area contributed by atoms with E-state index >= 15 is 0 Å². The second-order valence-corrected chi connectivity index (χ2v) is 6.21. The van der Waals surface area contributed by atoms with E-state index in [0.29, 0.717) is 17.2 Å². The minimum atomic E-state index is -3.27. The Balaban J connectivity index is 1.88. The van der Waals surface area contributed by atoms with E-state index in [9.17, 15) is 13.2 Å². The molecule has 0 aliphatic heterocycles. The Labute approximate surface area is 160 Å². The highest BCUT2D eigenvalue weighted by Crippen LogP contribution is 2.37. The molecule has 3 aromatic rings. The molecule has 2 heterocycles. The van der Waals surface area contributed by atoms with Gasteiger partial charge in [-0.3, -0.25) is 0 Å². The highest BCUT2D eigenvalue weighted by molar-refractivity contribution is 5.68. The zero-order valence-electron chi connectivity index (χ0n) is 15.1. The first-order chi connectivity index (χ1) is 13.3. The van der Waals surface area contributed by atoms with Crippen molar-refractivity contribution in [2.75, 3.05) is 11.1 Å². The van der Waals surface area contributed by atoms with Gasteiger partial charge in [0.2, 0.25) is 0 Å². The molecule has 2 aromatic heterocycles. The largest absolute Gasteiger partial charge is 0.383 e. The highest BCUT2D eigenvalue weighted by Gasteiger charge is 2.34. The van der Waals surface area contributed by atoms with E-state index in [1.807, 2.05) is 0 Å². The first-order valence-corrected chi connectivity index (χ1v) is 8.39. The minimum Gasteiger partial charge on any atom is -0.383 e. The predicted octanol–water partition coefficient (Wildman–Crippen LogP) is 4.54. The molecule has 0 aliphatic carbocycles. The smallest absolute Gasteiger partial charge is 0.294 e. The molecule has 3 N–H and O–H groups in total. The molecule has 0 fully saturated rings. The van der Waals surface area contributed by atoms with Crippen LogP contribution in [0.25, 0.3) is 11.4 Å². The zero-order chi connectivity index (χ0) is 20.3. The number of nitrogens with two attached hydrogens (primary N) is 1. The quantitative estimate of drug-likeness (QED) is 0.609. The molecule has 0 radical (unpaired) electrons. The van der Waals surface area contributed by atoms with Gasteiger partial charge in [-0.25, -0.2) is 19.3 Å². The third kappa shape index (κ3) is 3.95. The Bertz CT molecular complexity index is 1020. The van der Waals surface area contributed by atoms with Crippen LogP contribution < -0.4 is 11.1 Å². The Morgan fingerprint density at radius 1 is 1.18 bits per heavy atom. The average molecular weight is 385 g/mol. The van der Waals surface area contributed by atoms with E-state index in [0.717, 1.165) is 18.2 Å². The third-order valence-corrected chi connectivity index (χ3v) is 4.14. The number of allylic oxidation sites excluding steroid dienone is 1. The van der Waals surface area contributed by atoms with Crippen LogP contribution in [0.2, 0.25) is 0 Å². The van der Waals surface area contributed by atoms with Crippen LogP contribution in [0.4, 0.5) is 24.8 Å². The Morgan fingerprint density at radius 3 is 2.68 bits per heavy atom. The van der Waals surface area contributed by atoms with Gasteiger partial charge in [0.15, 0.2) is 5.82 Å². The molecule has 0 saturated carbocycles. The van der Waals surface area contributed by atoms with Crippen molar-refractivity contribution in [1.29, 1.82) is 0 Å². The molecule has 0 unspecified atom stereocenters. The maximum atomic E-state index is 14.4. The SMILES string of the molecule is C=C(C)C(F)(F)c1ccc(F)cc1CNc1ccnc(-c2cccnc2N)n1. The highest BCUT2D eigenvalue weighted by atomic mass is 19.3. The summed E-state index contributed by atoms with van der Waals surface area (Å²) in [5.74, 6) is -2.90. The molecule has 0 amide bonds. The van der Waals surface area contributed by atoms with Crippen LogP contribution in [0.15, 0.2) is 60.9 Å². The number of rotatable bonds is 6. The monoisotopic (exact) mass is 385 g/mol. The van der Waals surface area contributed by atoms with E-state index < -0.39 is 11.7 Å². The van der Waals surface area contributed by atoms with Gasteiger partial charge < -0.3 is 11.1 Å². The lowest BCUT2D eigenvalue weighted by atomic mass is 9.97. The van der Waals surface area contributed by atoms with Gasteiger partial charge in [-0.1, -0.05) is 6.58 Å². The summed E-state index contributed by atoms with van der Waals surface area (Å²) in [5, 5.41) is 2.93. The maximum Gasteiger partial charge on any atom is 0.294 e. The Morgan fingerprint density at radius 2 is 1.96 bits per heavy atom. The summed E-state index contributed by atoms with van der Waals surface area (Å²) in [6.45, 7) is 4.51. The van der Waals surface area contributed by atoms with Crippen LogP contribution in [0.5, 0.6) is 0 Å². The zero-order valence-corrected chi connectivity index (χ0v) is 15.1. The molecule has 0 spiro atoms. The van der Waals surface area contributed by atoms with Crippen LogP contribution in [-0.2, 0) is 12.5 Å². The van der Waals surface area contributed by atoms with E-state index in [4.69, 9.17) is 5.73 Å². The van der Waals surface area contributed by atoms with Crippen molar-refractivity contribution in [3.05, 3.63) is 77.9 Å². The van der Waals surface area contributed by atoms with E-state index in [-0.39, 0.29) is 29.1 Å². The van der Waals surface area contributed by atoms with Crippen LogP contribution in [-0.4, -0.2) is 15.0 Å². The fraction of sp³-hybridized carbons (Fsp3) is 0.150. The summed E-state index contributed by atoms with van der Waals surface area (Å²) in [6, 6.07) is 8.14. The van der Waals surface area contributed by atoms with Crippen molar-refractivity contribution in [2.24, 2.45) is 0 Å². The molecule has 5 nitrogen and oxygen atoms in total. The van der Waals surface area contributed by atoms with Crippen LogP contribution in [0.1, 0.15) is 18.1 Å². The van der Waals surface area contributed by atoms with Crippen molar-refractivity contribution in [1.82, 2.24) is 15.0 Å². The molecule has 0 aliphatic rings. The molecule has 8 heteroatoms. The topological polar surface area (TPSA) is 76.7 Å². The lowest BCUT2D eigenvalue weighted by Crippen LogP contribution is -2.18. The number of hydrogen-bond donors (Lipinski definition) is 2. The van der Waals surface area contributed by atoms with Crippen molar-refractivity contribution in [3.63, 3.8) is 0 Å². The molecular formula is C20H18F3N5. The van der Waals surface area contributed by atoms with Gasteiger partial charge in [0, 0.05) is 24.5 Å². The normalized spacial score (nSPS) is 11.3. The van der Waals surface area contributed by atoms with Crippen LogP contribution in [0, 0.1) is 5.82 Å². The molecule has 0 atom stereocenters. The molecule has 1 aromatic carbocycles. The number of anilines is 2. The number of halogens is 3. The van der Waals surface area contributed by atoms with Gasteiger partial charge in [-0.05, 0) is 54.5 Å². The minimum absolute atomic E-state index is 0.0606. The number of nitrogens with zero attached hydrogens (tertiary/aromatic N) is 3. The maximum absolute atomic E-state index is 14.4. The summed E-state index contributed by atoms with van der Waals surface area (Å²) in [4.78, 5) is 12.5. The third-order valence-electron chi connectivity index (χ3n) is 4.14. The summed E-state index contributed by atoms with van der Waals surface area (Å²) in [7, 11) is 0. The number of aromatic nitrogens is 3. The predicted molar refractivity (Wildman–Crippen MR) is 102 cm³/mol. The summed E-state index contributed by atoms with van der Waals surface area (Å²) in [6.07, 6.45) is 3.06. The first kappa shape index (κ1) is 19.3. The lowest BCUT2D eigenvalue weighted by Gasteiger charge is -2.20. The van der Waals surface area contributed by atoms with Gasteiger partial charge in [0.25, 0.3) is 5.92 Å². The van der Waals surface area contributed by atoms with Crippen molar-refractivity contribution < 1.29 is 13.2 Å². The number of nitrogen functional groups attached to an aromatic ring is 1. The molecule has 144 valence electrons. The van der Waals surface area contributed by atoms with Crippen LogP contribution in [0.3, 0.4) is 0 Å². The Kier molecular flexibility index (Phi) is 5.30. The number of nitrogens with one attached hydrogen (secondary N) is 1. The number of benzene rings is 1. The molecule has 3 rings (SSSR count). The Hall–Kier alpha value is -3.42. The first-order valence-electron chi connectivity index (χ1n) is 8.39. The molecule has 0 saturated heterocycles. The summed E-state index contributed by atoms with van der Waals surface area (Å²) in [5.41, 5.74) is 5.86. The standard InChI is InChI=1S/C20H18F3N5/c1-12(2)20(22,23)16-6-5-14(21)10-13(16)11-27-17-7-9-26-19(28-17)15-4-3-8-25-18(15)24/h3-10H,1,11H2,2H3,(H2,24,25)(H,26,27,28). The van der Waals surface area contributed by atoms with Crippen molar-refractivity contribution >= 4 is 11.6 Å². The van der Waals surface area contributed by atoms with E-state index in [1.54, 1.807) is 24.4 Å². The number of pyridine rings is 1. The lowest BCUT2D eigenvalue weighted by molar-refractivity contribution is 0.0376. The molecule has 28 heavy (non-hydrogen) atoms. The van der Waals surface area contributed by atoms with Gasteiger partial charge in [-0.15, -0.1) is 0 Å². The van der Waals surface area contributed by atoms with E-state index in [1.165, 1.54) is 13.1 Å². The number of hydrogen-bond acceptors (Lipinski definition) is 5. The fourth-order valence-electron chi connectivity index (χ4n) is 2.62. The average Bonchev–Trinajstić information content (AvgIpc) is 2.66.